The molecule has 1 saturated heterocycles. The van der Waals surface area contributed by atoms with E-state index in [0.29, 0.717) is 6.04 Å². The third-order valence-corrected chi connectivity index (χ3v) is 3.79. The summed E-state index contributed by atoms with van der Waals surface area (Å²) in [6, 6.07) is 7.79. The predicted molar refractivity (Wildman–Crippen MR) is 72.4 cm³/mol. The molecule has 0 amide bonds. The van der Waals surface area contributed by atoms with Gasteiger partial charge in [0.15, 0.2) is 5.78 Å². The lowest BCUT2D eigenvalue weighted by molar-refractivity contribution is 0.0911. The van der Waals surface area contributed by atoms with Crippen LogP contribution in [0.2, 0.25) is 0 Å². The van der Waals surface area contributed by atoms with Crippen LogP contribution in [0.1, 0.15) is 16.8 Å². The van der Waals surface area contributed by atoms with Crippen LogP contribution in [0.25, 0.3) is 0 Å². The highest BCUT2D eigenvalue weighted by Gasteiger charge is 2.34. The summed E-state index contributed by atoms with van der Waals surface area (Å²) in [6.45, 7) is 0.912. The van der Waals surface area contributed by atoms with Gasteiger partial charge < -0.3 is 10.2 Å². The maximum atomic E-state index is 12.4. The second-order valence-corrected chi connectivity index (χ2v) is 5.54. The topological polar surface area (TPSA) is 32.3 Å². The maximum absolute atomic E-state index is 12.4. The molecule has 1 heterocycles. The largest absolute Gasteiger partial charge is 0.306 e. The Morgan fingerprint density at radius 3 is 2.59 bits per heavy atom. The third-order valence-electron chi connectivity index (χ3n) is 3.26. The number of rotatable bonds is 3. The van der Waals surface area contributed by atoms with Gasteiger partial charge in [-0.15, -0.1) is 0 Å². The summed E-state index contributed by atoms with van der Waals surface area (Å²) in [5.74, 6) is 0.189. The molecule has 0 spiro atoms. The van der Waals surface area contributed by atoms with Crippen LogP contribution in [0.15, 0.2) is 28.7 Å². The minimum Gasteiger partial charge on any atom is -0.306 e. The number of benzene rings is 1. The Kier molecular flexibility index (Phi) is 3.97. The number of Topliss-reactive ketones (excluding diaryl/α,β-unsaturated/α-hetero) is 1. The van der Waals surface area contributed by atoms with Crippen LogP contribution >= 0.6 is 15.9 Å². The van der Waals surface area contributed by atoms with Crippen molar-refractivity contribution in [2.45, 2.75) is 18.5 Å². The molecule has 1 N–H and O–H groups in total. The number of carbonyl (C=O) groups is 1. The molecule has 1 aliphatic rings. The van der Waals surface area contributed by atoms with E-state index < -0.39 is 0 Å². The SMILES string of the molecule is CN(C)C1CCNC1C(=O)c1ccc(Br)cc1. The Hall–Kier alpha value is -0.710. The van der Waals surface area contributed by atoms with Gasteiger partial charge in [0.2, 0.25) is 0 Å². The summed E-state index contributed by atoms with van der Waals surface area (Å²) >= 11 is 3.38. The van der Waals surface area contributed by atoms with Gasteiger partial charge in [-0.2, -0.15) is 0 Å². The van der Waals surface area contributed by atoms with Crippen molar-refractivity contribution < 1.29 is 4.79 Å². The standard InChI is InChI=1S/C13H17BrN2O/c1-16(2)11-7-8-15-12(11)13(17)9-3-5-10(14)6-4-9/h3-6,11-12,15H,7-8H2,1-2H3. The molecule has 0 saturated carbocycles. The fourth-order valence-electron chi connectivity index (χ4n) is 2.31. The summed E-state index contributed by atoms with van der Waals surface area (Å²) in [5, 5.41) is 3.30. The molecule has 1 aromatic carbocycles. The van der Waals surface area contributed by atoms with E-state index in [9.17, 15) is 4.79 Å². The zero-order chi connectivity index (χ0) is 12.4. The van der Waals surface area contributed by atoms with Crippen molar-refractivity contribution in [1.82, 2.24) is 10.2 Å². The molecule has 0 aliphatic carbocycles. The highest BCUT2D eigenvalue weighted by molar-refractivity contribution is 9.10. The van der Waals surface area contributed by atoms with Gasteiger partial charge in [0, 0.05) is 16.1 Å². The number of carbonyl (C=O) groups excluding carboxylic acids is 1. The first-order chi connectivity index (χ1) is 8.09. The Balaban J connectivity index is 2.17. The van der Waals surface area contributed by atoms with Gasteiger partial charge >= 0.3 is 0 Å². The van der Waals surface area contributed by atoms with Crippen molar-refractivity contribution in [3.8, 4) is 0 Å². The van der Waals surface area contributed by atoms with Crippen molar-refractivity contribution >= 4 is 21.7 Å². The molecule has 2 atom stereocenters. The summed E-state index contributed by atoms with van der Waals surface area (Å²) in [7, 11) is 4.05. The number of halogens is 1. The molecular formula is C13H17BrN2O. The van der Waals surface area contributed by atoms with E-state index in [1.54, 1.807) is 0 Å². The van der Waals surface area contributed by atoms with Crippen molar-refractivity contribution in [2.75, 3.05) is 20.6 Å². The molecule has 0 bridgehead atoms. The third kappa shape index (κ3) is 2.76. The molecule has 17 heavy (non-hydrogen) atoms. The molecule has 2 rings (SSSR count). The van der Waals surface area contributed by atoms with Gasteiger partial charge in [0.25, 0.3) is 0 Å². The lowest BCUT2D eigenvalue weighted by Crippen LogP contribution is -2.45. The average Bonchev–Trinajstić information content (AvgIpc) is 2.78. The first-order valence-corrected chi connectivity index (χ1v) is 6.58. The summed E-state index contributed by atoms with van der Waals surface area (Å²) in [5.41, 5.74) is 0.777. The van der Waals surface area contributed by atoms with Crippen LogP contribution in [0.4, 0.5) is 0 Å². The maximum Gasteiger partial charge on any atom is 0.181 e. The minimum atomic E-state index is -0.0776. The van der Waals surface area contributed by atoms with Gasteiger partial charge in [0.05, 0.1) is 6.04 Å². The van der Waals surface area contributed by atoms with Crippen molar-refractivity contribution in [3.63, 3.8) is 0 Å². The van der Waals surface area contributed by atoms with Crippen molar-refractivity contribution in [2.24, 2.45) is 0 Å². The van der Waals surface area contributed by atoms with Crippen LogP contribution in [-0.4, -0.2) is 43.4 Å². The monoisotopic (exact) mass is 296 g/mol. The molecule has 2 unspecified atom stereocenters. The molecule has 0 aromatic heterocycles. The lowest BCUT2D eigenvalue weighted by atomic mass is 9.99. The van der Waals surface area contributed by atoms with Gasteiger partial charge in [-0.1, -0.05) is 28.1 Å². The highest BCUT2D eigenvalue weighted by Crippen LogP contribution is 2.18. The number of ketones is 1. The number of nitrogens with zero attached hydrogens (tertiary/aromatic N) is 1. The van der Waals surface area contributed by atoms with Crippen LogP contribution in [0.3, 0.4) is 0 Å². The van der Waals surface area contributed by atoms with Crippen LogP contribution < -0.4 is 5.32 Å². The van der Waals surface area contributed by atoms with Crippen molar-refractivity contribution in [1.29, 1.82) is 0 Å². The number of hydrogen-bond acceptors (Lipinski definition) is 3. The molecule has 3 nitrogen and oxygen atoms in total. The zero-order valence-electron chi connectivity index (χ0n) is 10.1. The zero-order valence-corrected chi connectivity index (χ0v) is 11.7. The van der Waals surface area contributed by atoms with Gasteiger partial charge in [-0.3, -0.25) is 4.79 Å². The van der Waals surface area contributed by atoms with E-state index in [4.69, 9.17) is 0 Å². The molecule has 4 heteroatoms. The first-order valence-electron chi connectivity index (χ1n) is 5.79. The Labute approximate surface area is 110 Å². The second kappa shape index (κ2) is 5.29. The van der Waals surface area contributed by atoms with E-state index >= 15 is 0 Å². The Morgan fingerprint density at radius 2 is 2.00 bits per heavy atom. The lowest BCUT2D eigenvalue weighted by Gasteiger charge is -2.24. The minimum absolute atomic E-state index is 0.0776. The normalized spacial score (nSPS) is 24.2. The van der Waals surface area contributed by atoms with E-state index in [1.807, 2.05) is 38.4 Å². The summed E-state index contributed by atoms with van der Waals surface area (Å²) < 4.78 is 0.998. The number of hydrogen-bond donors (Lipinski definition) is 1. The summed E-state index contributed by atoms with van der Waals surface area (Å²) in [6.07, 6.45) is 1.03. The molecule has 1 fully saturated rings. The van der Waals surface area contributed by atoms with E-state index in [0.717, 1.165) is 23.0 Å². The summed E-state index contributed by atoms with van der Waals surface area (Å²) in [4.78, 5) is 14.5. The number of likely N-dealkylation sites (N-methyl/N-ethyl adjacent to an activating group) is 1. The van der Waals surface area contributed by atoms with Crippen LogP contribution in [-0.2, 0) is 0 Å². The van der Waals surface area contributed by atoms with E-state index in [-0.39, 0.29) is 11.8 Å². The van der Waals surface area contributed by atoms with E-state index in [1.165, 1.54) is 0 Å². The van der Waals surface area contributed by atoms with Crippen molar-refractivity contribution in [3.05, 3.63) is 34.3 Å². The molecule has 92 valence electrons. The quantitative estimate of drug-likeness (QED) is 0.865. The van der Waals surface area contributed by atoms with Crippen LogP contribution in [0, 0.1) is 0 Å². The predicted octanol–water partition coefficient (Wildman–Crippen LogP) is 1.92. The fraction of sp³-hybridized carbons (Fsp3) is 0.462. The molecule has 1 aliphatic heterocycles. The second-order valence-electron chi connectivity index (χ2n) is 4.62. The van der Waals surface area contributed by atoms with E-state index in [2.05, 4.69) is 26.1 Å². The fourth-order valence-corrected chi connectivity index (χ4v) is 2.57. The Bertz CT molecular complexity index is 402. The molecule has 0 radical (unpaired) electrons. The first kappa shape index (κ1) is 12.7. The smallest absolute Gasteiger partial charge is 0.181 e. The molecule has 1 aromatic rings. The van der Waals surface area contributed by atoms with Gasteiger partial charge in [0.1, 0.15) is 0 Å². The molecular weight excluding hydrogens is 280 g/mol. The average molecular weight is 297 g/mol. The van der Waals surface area contributed by atoms with Gasteiger partial charge in [-0.05, 0) is 39.2 Å². The van der Waals surface area contributed by atoms with Gasteiger partial charge in [-0.25, -0.2) is 0 Å². The Morgan fingerprint density at radius 1 is 1.35 bits per heavy atom. The van der Waals surface area contributed by atoms with Crippen LogP contribution in [0.5, 0.6) is 0 Å². The highest BCUT2D eigenvalue weighted by atomic mass is 79.9. The number of nitrogens with one attached hydrogen (secondary N) is 1.